The van der Waals surface area contributed by atoms with Crippen LogP contribution in [0.25, 0.3) is 0 Å². The summed E-state index contributed by atoms with van der Waals surface area (Å²) in [7, 11) is 0. The van der Waals surface area contributed by atoms with Crippen LogP contribution in [-0.2, 0) is 10.3 Å². The zero-order chi connectivity index (χ0) is 29.9. The van der Waals surface area contributed by atoms with Crippen molar-refractivity contribution in [2.24, 2.45) is 0 Å². The quantitative estimate of drug-likeness (QED) is 0.102. The van der Waals surface area contributed by atoms with Crippen molar-refractivity contribution in [2.75, 3.05) is 0 Å². The Morgan fingerprint density at radius 3 is 1.36 bits per heavy atom. The van der Waals surface area contributed by atoms with Crippen molar-refractivity contribution in [3.05, 3.63) is 107 Å². The maximum Gasteiger partial charge on any atom is 0.340 e. The number of carbonyl (C=O) groups is 2. The maximum absolute atomic E-state index is 13.6. The topological polar surface area (TPSA) is 63.6 Å². The van der Waals surface area contributed by atoms with E-state index in [2.05, 4.69) is 6.92 Å². The smallest absolute Gasteiger partial charge is 0.340 e. The standard InChI is InChI=1S/C38H50O4/c1-2-3-4-5-6-7-8-9-10-11-12-13-14-15-24-31-38(32-25-18-16-19-26-32,33-27-20-17-21-28-33)42-37(41)35-30-23-22-29-34(35)36(39)40/h16-23,25-30H,2-15,24,31H2,1H3,(H,39,40). The lowest BCUT2D eigenvalue weighted by Crippen LogP contribution is -2.34. The molecule has 42 heavy (non-hydrogen) atoms. The molecule has 3 aromatic carbocycles. The summed E-state index contributed by atoms with van der Waals surface area (Å²) in [6, 6.07) is 26.0. The van der Waals surface area contributed by atoms with Crippen molar-refractivity contribution in [1.82, 2.24) is 0 Å². The second-order valence-electron chi connectivity index (χ2n) is 11.5. The van der Waals surface area contributed by atoms with Crippen LogP contribution < -0.4 is 0 Å². The van der Waals surface area contributed by atoms with Crippen molar-refractivity contribution in [2.45, 2.75) is 115 Å². The van der Waals surface area contributed by atoms with Gasteiger partial charge < -0.3 is 9.84 Å². The van der Waals surface area contributed by atoms with Crippen LogP contribution in [0.3, 0.4) is 0 Å². The van der Waals surface area contributed by atoms with Gasteiger partial charge in [0, 0.05) is 11.1 Å². The molecule has 0 aliphatic rings. The SMILES string of the molecule is CCCCCCCCCCCCCCCCCC(OC(=O)c1ccccc1C(=O)O)(c1ccccc1)c1ccccc1. The van der Waals surface area contributed by atoms with Crippen molar-refractivity contribution in [3.8, 4) is 0 Å². The number of carboxylic acid groups (broad SMARTS) is 1. The monoisotopic (exact) mass is 570 g/mol. The van der Waals surface area contributed by atoms with Crippen molar-refractivity contribution in [3.63, 3.8) is 0 Å². The predicted octanol–water partition coefficient (Wildman–Crippen LogP) is 10.7. The first-order valence-corrected chi connectivity index (χ1v) is 16.2. The van der Waals surface area contributed by atoms with E-state index in [1.54, 1.807) is 12.1 Å². The highest BCUT2D eigenvalue weighted by molar-refractivity contribution is 6.02. The fourth-order valence-corrected chi connectivity index (χ4v) is 5.85. The Balaban J connectivity index is 1.58. The van der Waals surface area contributed by atoms with Crippen LogP contribution in [0.15, 0.2) is 84.9 Å². The van der Waals surface area contributed by atoms with E-state index in [1.165, 1.54) is 89.2 Å². The molecular weight excluding hydrogens is 520 g/mol. The molecule has 0 heterocycles. The van der Waals surface area contributed by atoms with E-state index in [-0.39, 0.29) is 11.1 Å². The molecule has 3 aromatic rings. The van der Waals surface area contributed by atoms with E-state index in [9.17, 15) is 14.7 Å². The van der Waals surface area contributed by atoms with Gasteiger partial charge in [0.05, 0.1) is 11.1 Å². The first-order valence-electron chi connectivity index (χ1n) is 16.2. The van der Waals surface area contributed by atoms with Gasteiger partial charge in [-0.15, -0.1) is 0 Å². The highest BCUT2D eigenvalue weighted by Crippen LogP contribution is 2.40. The molecule has 0 spiro atoms. The molecule has 0 fully saturated rings. The number of hydrogen-bond donors (Lipinski definition) is 1. The Bertz CT molecular complexity index is 1130. The largest absolute Gasteiger partial charge is 0.478 e. The van der Waals surface area contributed by atoms with Gasteiger partial charge in [-0.25, -0.2) is 9.59 Å². The fraction of sp³-hybridized carbons (Fsp3) is 0.474. The van der Waals surface area contributed by atoms with Crippen LogP contribution in [0, 0.1) is 0 Å². The second kappa shape index (κ2) is 18.9. The molecule has 3 rings (SSSR count). The lowest BCUT2D eigenvalue weighted by molar-refractivity contribution is -0.00681. The summed E-state index contributed by atoms with van der Waals surface area (Å²) in [6.07, 6.45) is 19.9. The van der Waals surface area contributed by atoms with Crippen LogP contribution in [0.1, 0.15) is 141 Å². The number of ether oxygens (including phenoxy) is 1. The van der Waals surface area contributed by atoms with Crippen LogP contribution in [0.5, 0.6) is 0 Å². The zero-order valence-corrected chi connectivity index (χ0v) is 25.6. The Morgan fingerprint density at radius 2 is 0.929 bits per heavy atom. The molecule has 0 aliphatic carbocycles. The number of carboxylic acids is 1. The van der Waals surface area contributed by atoms with E-state index in [0.29, 0.717) is 6.42 Å². The number of benzene rings is 3. The summed E-state index contributed by atoms with van der Waals surface area (Å²) in [5.41, 5.74) is 0.787. The number of rotatable bonds is 21. The minimum atomic E-state index is -1.14. The molecule has 226 valence electrons. The lowest BCUT2D eigenvalue weighted by Gasteiger charge is -2.35. The molecule has 0 saturated heterocycles. The van der Waals surface area contributed by atoms with Gasteiger partial charge in [-0.3, -0.25) is 0 Å². The number of hydrogen-bond acceptors (Lipinski definition) is 3. The van der Waals surface area contributed by atoms with Gasteiger partial charge in [-0.2, -0.15) is 0 Å². The summed E-state index contributed by atoms with van der Waals surface area (Å²) in [5, 5.41) is 9.69. The van der Waals surface area contributed by atoms with Crippen LogP contribution >= 0.6 is 0 Å². The lowest BCUT2D eigenvalue weighted by atomic mass is 9.81. The Morgan fingerprint density at radius 1 is 0.548 bits per heavy atom. The van der Waals surface area contributed by atoms with Crippen molar-refractivity contribution < 1.29 is 19.4 Å². The first-order chi connectivity index (χ1) is 20.6. The molecular formula is C38H50O4. The third kappa shape index (κ3) is 10.5. The average molecular weight is 571 g/mol. The Labute approximate surface area is 253 Å². The average Bonchev–Trinajstić information content (AvgIpc) is 3.03. The van der Waals surface area contributed by atoms with E-state index in [4.69, 9.17) is 4.74 Å². The van der Waals surface area contributed by atoms with Crippen molar-refractivity contribution >= 4 is 11.9 Å². The maximum atomic E-state index is 13.6. The molecule has 0 aliphatic heterocycles. The minimum absolute atomic E-state index is 0.0514. The summed E-state index contributed by atoms with van der Waals surface area (Å²) in [6.45, 7) is 2.27. The van der Waals surface area contributed by atoms with E-state index >= 15 is 0 Å². The van der Waals surface area contributed by atoms with Crippen LogP contribution in [0.4, 0.5) is 0 Å². The molecule has 0 aromatic heterocycles. The molecule has 0 radical (unpaired) electrons. The molecule has 0 atom stereocenters. The second-order valence-corrected chi connectivity index (χ2v) is 11.5. The van der Waals surface area contributed by atoms with E-state index in [0.717, 1.165) is 30.4 Å². The highest BCUT2D eigenvalue weighted by atomic mass is 16.6. The number of esters is 1. The number of unbranched alkanes of at least 4 members (excludes halogenated alkanes) is 14. The van der Waals surface area contributed by atoms with Crippen LogP contribution in [-0.4, -0.2) is 17.0 Å². The summed E-state index contributed by atoms with van der Waals surface area (Å²) in [4.78, 5) is 25.5. The number of carbonyl (C=O) groups excluding carboxylic acids is 1. The summed E-state index contributed by atoms with van der Waals surface area (Å²) < 4.78 is 6.40. The van der Waals surface area contributed by atoms with Gasteiger partial charge in [0.15, 0.2) is 5.60 Å². The minimum Gasteiger partial charge on any atom is -0.478 e. The molecule has 0 bridgehead atoms. The van der Waals surface area contributed by atoms with Gasteiger partial charge in [-0.05, 0) is 25.0 Å². The van der Waals surface area contributed by atoms with Crippen molar-refractivity contribution in [1.29, 1.82) is 0 Å². The van der Waals surface area contributed by atoms with Gasteiger partial charge in [-0.1, -0.05) is 170 Å². The van der Waals surface area contributed by atoms with Gasteiger partial charge in [0.1, 0.15) is 0 Å². The van der Waals surface area contributed by atoms with Gasteiger partial charge in [0.25, 0.3) is 0 Å². The van der Waals surface area contributed by atoms with E-state index < -0.39 is 17.5 Å². The zero-order valence-electron chi connectivity index (χ0n) is 25.6. The van der Waals surface area contributed by atoms with Gasteiger partial charge >= 0.3 is 11.9 Å². The number of aromatic carboxylic acids is 1. The Hall–Kier alpha value is -3.40. The fourth-order valence-electron chi connectivity index (χ4n) is 5.85. The van der Waals surface area contributed by atoms with E-state index in [1.807, 2.05) is 60.7 Å². The normalized spacial score (nSPS) is 11.4. The third-order valence-electron chi connectivity index (χ3n) is 8.26. The first kappa shape index (κ1) is 33.1. The summed E-state index contributed by atoms with van der Waals surface area (Å²) in [5.74, 6) is -1.77. The highest BCUT2D eigenvalue weighted by Gasteiger charge is 2.39. The molecule has 4 nitrogen and oxygen atoms in total. The molecule has 0 amide bonds. The molecule has 0 saturated carbocycles. The summed E-state index contributed by atoms with van der Waals surface area (Å²) >= 11 is 0. The molecule has 0 unspecified atom stereocenters. The Kier molecular flexibility index (Phi) is 14.9. The third-order valence-corrected chi connectivity index (χ3v) is 8.26. The predicted molar refractivity (Wildman–Crippen MR) is 172 cm³/mol. The van der Waals surface area contributed by atoms with Gasteiger partial charge in [0.2, 0.25) is 0 Å². The molecule has 4 heteroatoms. The molecule has 1 N–H and O–H groups in total. The van der Waals surface area contributed by atoms with Crippen LogP contribution in [0.2, 0.25) is 0 Å².